The SMILES string of the molecule is COC(=O)C(C)=C(C=C(C)C(=O)O)CCP(=O)(O)O. The van der Waals surface area contributed by atoms with Crippen LogP contribution in [0.25, 0.3) is 0 Å². The van der Waals surface area contributed by atoms with Crippen molar-refractivity contribution in [3.05, 3.63) is 22.8 Å². The molecule has 0 fully saturated rings. The standard InChI is InChI=1S/C11H17O7P/c1-7(10(12)13)6-9(4-5-19(15,16)17)8(2)11(14)18-3/h6H,4-5H2,1-3H3,(H,12,13)(H2,15,16,17). The second-order valence-electron chi connectivity index (χ2n) is 3.91. The van der Waals surface area contributed by atoms with Crippen molar-refractivity contribution >= 4 is 19.5 Å². The molecule has 0 bridgehead atoms. The number of ether oxygens (including phenoxy) is 1. The van der Waals surface area contributed by atoms with E-state index in [4.69, 9.17) is 14.9 Å². The van der Waals surface area contributed by atoms with Gasteiger partial charge in [-0.2, -0.15) is 0 Å². The first-order valence-corrected chi connectivity index (χ1v) is 7.12. The van der Waals surface area contributed by atoms with Gasteiger partial charge in [0, 0.05) is 11.1 Å². The van der Waals surface area contributed by atoms with Crippen LogP contribution >= 0.6 is 7.60 Å². The molecule has 0 saturated carbocycles. The Balaban J connectivity index is 5.39. The second kappa shape index (κ2) is 7.23. The molecule has 0 rings (SSSR count). The molecule has 0 aromatic rings. The average Bonchev–Trinajstić information content (AvgIpc) is 2.30. The van der Waals surface area contributed by atoms with Crippen LogP contribution in [0, 0.1) is 0 Å². The van der Waals surface area contributed by atoms with Gasteiger partial charge in [0.05, 0.1) is 13.3 Å². The molecular formula is C11H17O7P. The first-order valence-electron chi connectivity index (χ1n) is 5.32. The number of hydrogen-bond donors (Lipinski definition) is 3. The predicted molar refractivity (Wildman–Crippen MR) is 67.6 cm³/mol. The average molecular weight is 292 g/mol. The van der Waals surface area contributed by atoms with E-state index < -0.39 is 25.7 Å². The van der Waals surface area contributed by atoms with Gasteiger partial charge in [-0.1, -0.05) is 0 Å². The highest BCUT2D eigenvalue weighted by Gasteiger charge is 2.17. The molecule has 0 spiro atoms. The van der Waals surface area contributed by atoms with Crippen LogP contribution in [0.1, 0.15) is 20.3 Å². The van der Waals surface area contributed by atoms with E-state index in [1.807, 2.05) is 0 Å². The summed E-state index contributed by atoms with van der Waals surface area (Å²) < 4.78 is 15.3. The number of esters is 1. The van der Waals surface area contributed by atoms with Crippen LogP contribution in [0.5, 0.6) is 0 Å². The highest BCUT2D eigenvalue weighted by molar-refractivity contribution is 7.51. The number of hydrogen-bond acceptors (Lipinski definition) is 4. The summed E-state index contributed by atoms with van der Waals surface area (Å²) in [5.41, 5.74) is 0.315. The maximum absolute atomic E-state index is 11.4. The van der Waals surface area contributed by atoms with Crippen molar-refractivity contribution < 1.29 is 33.8 Å². The number of carbonyl (C=O) groups is 2. The zero-order valence-electron chi connectivity index (χ0n) is 10.9. The van der Waals surface area contributed by atoms with Crippen LogP contribution < -0.4 is 0 Å². The van der Waals surface area contributed by atoms with Crippen LogP contribution in [0.2, 0.25) is 0 Å². The van der Waals surface area contributed by atoms with Gasteiger partial charge in [-0.3, -0.25) is 4.57 Å². The topological polar surface area (TPSA) is 121 Å². The Kier molecular flexibility index (Phi) is 6.69. The van der Waals surface area contributed by atoms with E-state index in [-0.39, 0.29) is 23.1 Å². The molecule has 7 nitrogen and oxygen atoms in total. The first kappa shape index (κ1) is 17.6. The molecule has 0 atom stereocenters. The Morgan fingerprint density at radius 2 is 1.79 bits per heavy atom. The van der Waals surface area contributed by atoms with Crippen LogP contribution in [0.15, 0.2) is 22.8 Å². The number of rotatable bonds is 6. The van der Waals surface area contributed by atoms with Gasteiger partial charge in [-0.05, 0) is 31.9 Å². The number of carboxylic acid groups (broad SMARTS) is 1. The van der Waals surface area contributed by atoms with Gasteiger partial charge in [-0.25, -0.2) is 9.59 Å². The summed E-state index contributed by atoms with van der Waals surface area (Å²) in [6.07, 6.45) is 0.625. The van der Waals surface area contributed by atoms with Crippen molar-refractivity contribution in [2.24, 2.45) is 0 Å². The molecule has 0 aliphatic rings. The van der Waals surface area contributed by atoms with Gasteiger partial charge in [0.2, 0.25) is 0 Å². The molecule has 3 N–H and O–H groups in total. The van der Waals surface area contributed by atoms with Gasteiger partial charge < -0.3 is 19.6 Å². The lowest BCUT2D eigenvalue weighted by molar-refractivity contribution is -0.136. The number of carboxylic acids is 1. The van der Waals surface area contributed by atoms with Crippen LogP contribution in [0.4, 0.5) is 0 Å². The molecule has 0 aromatic heterocycles. The van der Waals surface area contributed by atoms with E-state index in [0.29, 0.717) is 0 Å². The summed E-state index contributed by atoms with van der Waals surface area (Å²) in [6.45, 7) is 2.73. The summed E-state index contributed by atoms with van der Waals surface area (Å²) >= 11 is 0. The number of aliphatic carboxylic acids is 1. The van der Waals surface area contributed by atoms with E-state index in [1.165, 1.54) is 27.0 Å². The van der Waals surface area contributed by atoms with Crippen LogP contribution in [-0.2, 0) is 18.9 Å². The Bertz CT molecular complexity index is 469. The molecule has 0 aliphatic carbocycles. The van der Waals surface area contributed by atoms with Gasteiger partial charge >= 0.3 is 19.5 Å². The quantitative estimate of drug-likeness (QED) is 0.290. The minimum absolute atomic E-state index is 0.0380. The first-order chi connectivity index (χ1) is 8.58. The number of allylic oxidation sites excluding steroid dienone is 2. The molecule has 0 aromatic carbocycles. The highest BCUT2D eigenvalue weighted by atomic mass is 31.2. The van der Waals surface area contributed by atoms with Gasteiger partial charge in [0.25, 0.3) is 0 Å². The van der Waals surface area contributed by atoms with Crippen LogP contribution in [0.3, 0.4) is 0 Å². The Morgan fingerprint density at radius 3 is 2.16 bits per heavy atom. The molecule has 0 unspecified atom stereocenters. The monoisotopic (exact) mass is 292 g/mol. The maximum atomic E-state index is 11.4. The van der Waals surface area contributed by atoms with Gasteiger partial charge in [-0.15, -0.1) is 0 Å². The number of methoxy groups -OCH3 is 1. The maximum Gasteiger partial charge on any atom is 0.333 e. The third-order valence-electron chi connectivity index (χ3n) is 2.37. The lowest BCUT2D eigenvalue weighted by Gasteiger charge is -2.09. The minimum atomic E-state index is -4.23. The van der Waals surface area contributed by atoms with Crippen molar-refractivity contribution in [2.75, 3.05) is 13.3 Å². The van der Waals surface area contributed by atoms with Crippen molar-refractivity contribution in [1.29, 1.82) is 0 Å². The third-order valence-corrected chi connectivity index (χ3v) is 3.18. The summed E-state index contributed by atoms with van der Waals surface area (Å²) in [6, 6.07) is 0. The van der Waals surface area contributed by atoms with E-state index in [2.05, 4.69) is 4.74 Å². The summed E-state index contributed by atoms with van der Waals surface area (Å²) in [4.78, 5) is 39.8. The molecule has 0 radical (unpaired) electrons. The van der Waals surface area contributed by atoms with E-state index in [1.54, 1.807) is 0 Å². The summed E-state index contributed by atoms with van der Waals surface area (Å²) in [7, 11) is -3.06. The molecule has 19 heavy (non-hydrogen) atoms. The zero-order valence-corrected chi connectivity index (χ0v) is 11.8. The lowest BCUT2D eigenvalue weighted by Crippen LogP contribution is -2.07. The third kappa shape index (κ3) is 6.91. The predicted octanol–water partition coefficient (Wildman–Crippen LogP) is 1.07. The van der Waals surface area contributed by atoms with Crippen molar-refractivity contribution in [2.45, 2.75) is 20.3 Å². The minimum Gasteiger partial charge on any atom is -0.478 e. The molecule has 0 amide bonds. The van der Waals surface area contributed by atoms with Gasteiger partial charge in [0.1, 0.15) is 0 Å². The van der Waals surface area contributed by atoms with Gasteiger partial charge in [0.15, 0.2) is 0 Å². The molecule has 0 aliphatic heterocycles. The molecule has 108 valence electrons. The van der Waals surface area contributed by atoms with E-state index in [9.17, 15) is 14.2 Å². The fourth-order valence-corrected chi connectivity index (χ4v) is 1.77. The Labute approximate surface area is 110 Å². The highest BCUT2D eigenvalue weighted by Crippen LogP contribution is 2.36. The second-order valence-corrected chi connectivity index (χ2v) is 5.69. The molecular weight excluding hydrogens is 275 g/mol. The molecule has 8 heteroatoms. The number of carbonyl (C=O) groups excluding carboxylic acids is 1. The van der Waals surface area contributed by atoms with Crippen molar-refractivity contribution in [1.82, 2.24) is 0 Å². The fourth-order valence-electron chi connectivity index (χ4n) is 1.24. The van der Waals surface area contributed by atoms with Crippen LogP contribution in [-0.4, -0.2) is 40.1 Å². The Hall–Kier alpha value is -1.43. The zero-order chi connectivity index (χ0) is 15.2. The largest absolute Gasteiger partial charge is 0.478 e. The van der Waals surface area contributed by atoms with Crippen molar-refractivity contribution in [3.63, 3.8) is 0 Å². The lowest BCUT2D eigenvalue weighted by atomic mass is 10.0. The molecule has 0 saturated heterocycles. The molecule has 0 heterocycles. The Morgan fingerprint density at radius 1 is 1.26 bits per heavy atom. The van der Waals surface area contributed by atoms with E-state index >= 15 is 0 Å². The smallest absolute Gasteiger partial charge is 0.333 e. The fraction of sp³-hybridized carbons (Fsp3) is 0.455. The summed E-state index contributed by atoms with van der Waals surface area (Å²) in [5.74, 6) is -1.85. The summed E-state index contributed by atoms with van der Waals surface area (Å²) in [5, 5.41) is 8.78. The normalized spacial score (nSPS) is 13.8. The van der Waals surface area contributed by atoms with E-state index in [0.717, 1.165) is 0 Å². The van der Waals surface area contributed by atoms with Crippen molar-refractivity contribution in [3.8, 4) is 0 Å².